The minimum Gasteiger partial charge on any atom is -0.496 e. The summed E-state index contributed by atoms with van der Waals surface area (Å²) in [6, 6.07) is 5.87. The minimum absolute atomic E-state index is 0.109. The molecule has 0 aromatic heterocycles. The summed E-state index contributed by atoms with van der Waals surface area (Å²) in [7, 11) is 3.47. The highest BCUT2D eigenvalue weighted by atomic mass is 16.5. The van der Waals surface area contributed by atoms with Crippen molar-refractivity contribution in [1.82, 2.24) is 4.90 Å². The number of aryl methyl sites for hydroxylation is 1. The monoisotopic (exact) mass is 277 g/mol. The molecule has 1 aromatic rings. The van der Waals surface area contributed by atoms with E-state index in [0.29, 0.717) is 12.3 Å². The Kier molecular flexibility index (Phi) is 4.65. The van der Waals surface area contributed by atoms with Gasteiger partial charge in [-0.3, -0.25) is 4.79 Å². The molecule has 1 amide bonds. The molecule has 4 heteroatoms. The van der Waals surface area contributed by atoms with Gasteiger partial charge in [-0.25, -0.2) is 0 Å². The van der Waals surface area contributed by atoms with Gasteiger partial charge in [0.2, 0.25) is 5.91 Å². The molecule has 4 nitrogen and oxygen atoms in total. The van der Waals surface area contributed by atoms with E-state index in [9.17, 15) is 9.90 Å². The second-order valence-electron chi connectivity index (χ2n) is 5.75. The van der Waals surface area contributed by atoms with Crippen molar-refractivity contribution in [2.75, 3.05) is 20.7 Å². The number of amides is 1. The van der Waals surface area contributed by atoms with Crippen molar-refractivity contribution in [3.05, 3.63) is 29.3 Å². The van der Waals surface area contributed by atoms with Gasteiger partial charge in [0, 0.05) is 13.6 Å². The van der Waals surface area contributed by atoms with Crippen molar-refractivity contribution in [3.8, 4) is 5.75 Å². The molecule has 110 valence electrons. The molecule has 0 unspecified atom stereocenters. The van der Waals surface area contributed by atoms with Crippen molar-refractivity contribution in [2.45, 2.75) is 32.3 Å². The highest BCUT2D eigenvalue weighted by Gasteiger charge is 2.29. The average molecular weight is 277 g/mol. The Balaban J connectivity index is 1.90. The molecule has 2 rings (SSSR count). The number of hydrogen-bond donors (Lipinski definition) is 1. The minimum atomic E-state index is -0.162. The Bertz CT molecular complexity index is 481. The van der Waals surface area contributed by atoms with Gasteiger partial charge in [-0.2, -0.15) is 0 Å². The van der Waals surface area contributed by atoms with Gasteiger partial charge in [-0.15, -0.1) is 0 Å². The molecule has 1 aliphatic rings. The highest BCUT2D eigenvalue weighted by molar-refractivity contribution is 5.78. The zero-order chi connectivity index (χ0) is 14.7. The fraction of sp³-hybridized carbons (Fsp3) is 0.562. The first kappa shape index (κ1) is 14.9. The summed E-state index contributed by atoms with van der Waals surface area (Å²) in [5.74, 6) is 1.38. The van der Waals surface area contributed by atoms with Gasteiger partial charge in [0.15, 0.2) is 0 Å². The Hall–Kier alpha value is -1.55. The maximum Gasteiger partial charge on any atom is 0.226 e. The Morgan fingerprint density at radius 1 is 1.45 bits per heavy atom. The standard InChI is InChI=1S/C16H23NO3/c1-11-4-5-12(8-15(11)20-3)9-16(19)17(2)10-13-6-14(18)7-13/h4-5,8,13-14,18H,6-7,9-10H2,1-3H3. The summed E-state index contributed by atoms with van der Waals surface area (Å²) in [4.78, 5) is 13.9. The zero-order valence-electron chi connectivity index (χ0n) is 12.4. The quantitative estimate of drug-likeness (QED) is 0.892. The van der Waals surface area contributed by atoms with Gasteiger partial charge in [0.1, 0.15) is 5.75 Å². The average Bonchev–Trinajstić information content (AvgIpc) is 2.39. The number of aliphatic hydroxyl groups is 1. The van der Waals surface area contributed by atoms with Crippen LogP contribution in [0.1, 0.15) is 24.0 Å². The van der Waals surface area contributed by atoms with E-state index in [0.717, 1.165) is 36.3 Å². The van der Waals surface area contributed by atoms with E-state index in [1.165, 1.54) is 0 Å². The van der Waals surface area contributed by atoms with Crippen molar-refractivity contribution >= 4 is 5.91 Å². The summed E-state index contributed by atoms with van der Waals surface area (Å²) < 4.78 is 5.28. The molecule has 0 heterocycles. The number of rotatable bonds is 5. The SMILES string of the molecule is COc1cc(CC(=O)N(C)CC2CC(O)C2)ccc1C. The number of likely N-dealkylation sites (N-methyl/N-ethyl adjacent to an activating group) is 1. The fourth-order valence-electron chi connectivity index (χ4n) is 2.62. The number of hydrogen-bond acceptors (Lipinski definition) is 3. The van der Waals surface area contributed by atoms with E-state index in [2.05, 4.69) is 0 Å². The number of benzene rings is 1. The molecule has 0 bridgehead atoms. The van der Waals surface area contributed by atoms with Gasteiger partial charge in [0.05, 0.1) is 19.6 Å². The van der Waals surface area contributed by atoms with Gasteiger partial charge in [-0.05, 0) is 42.9 Å². The third-order valence-corrected chi connectivity index (χ3v) is 4.00. The Morgan fingerprint density at radius 2 is 2.15 bits per heavy atom. The summed E-state index contributed by atoms with van der Waals surface area (Å²) in [6.45, 7) is 2.72. The Morgan fingerprint density at radius 3 is 2.75 bits per heavy atom. The van der Waals surface area contributed by atoms with Gasteiger partial charge in [0.25, 0.3) is 0 Å². The topological polar surface area (TPSA) is 49.8 Å². The summed E-state index contributed by atoms with van der Waals surface area (Å²) in [5, 5.41) is 9.27. The normalized spacial score (nSPS) is 21.2. The third kappa shape index (κ3) is 3.51. The lowest BCUT2D eigenvalue weighted by Crippen LogP contribution is -2.40. The second-order valence-corrected chi connectivity index (χ2v) is 5.75. The molecule has 1 saturated carbocycles. The van der Waals surface area contributed by atoms with E-state index in [1.807, 2.05) is 32.2 Å². The molecule has 1 fully saturated rings. The van der Waals surface area contributed by atoms with Crippen LogP contribution >= 0.6 is 0 Å². The smallest absolute Gasteiger partial charge is 0.226 e. The number of nitrogens with zero attached hydrogens (tertiary/aromatic N) is 1. The lowest BCUT2D eigenvalue weighted by atomic mass is 9.82. The molecule has 1 aromatic carbocycles. The lowest BCUT2D eigenvalue weighted by Gasteiger charge is -2.34. The van der Waals surface area contributed by atoms with Gasteiger partial charge in [-0.1, -0.05) is 12.1 Å². The predicted octanol–water partition coefficient (Wildman–Crippen LogP) is 1.78. The molecule has 0 spiro atoms. The van der Waals surface area contributed by atoms with Crippen LogP contribution < -0.4 is 4.74 Å². The van der Waals surface area contributed by atoms with Crippen molar-refractivity contribution in [3.63, 3.8) is 0 Å². The first-order valence-electron chi connectivity index (χ1n) is 7.05. The molecule has 0 saturated heterocycles. The Labute approximate surface area is 120 Å². The van der Waals surface area contributed by atoms with E-state index in [4.69, 9.17) is 4.74 Å². The maximum atomic E-state index is 12.2. The predicted molar refractivity (Wildman–Crippen MR) is 77.8 cm³/mol. The fourth-order valence-corrected chi connectivity index (χ4v) is 2.62. The van der Waals surface area contributed by atoms with Crippen LogP contribution in [-0.2, 0) is 11.2 Å². The number of aliphatic hydroxyl groups excluding tert-OH is 1. The highest BCUT2D eigenvalue weighted by Crippen LogP contribution is 2.27. The summed E-state index contributed by atoms with van der Waals surface area (Å²) in [5.41, 5.74) is 2.04. The van der Waals surface area contributed by atoms with E-state index in [-0.39, 0.29) is 12.0 Å². The zero-order valence-corrected chi connectivity index (χ0v) is 12.4. The van der Waals surface area contributed by atoms with E-state index < -0.39 is 0 Å². The largest absolute Gasteiger partial charge is 0.496 e. The third-order valence-electron chi connectivity index (χ3n) is 4.00. The number of carbonyl (C=O) groups is 1. The molecule has 1 aliphatic carbocycles. The number of carbonyl (C=O) groups excluding carboxylic acids is 1. The van der Waals surface area contributed by atoms with Crippen molar-refractivity contribution in [2.24, 2.45) is 5.92 Å². The van der Waals surface area contributed by atoms with E-state index >= 15 is 0 Å². The van der Waals surface area contributed by atoms with Gasteiger partial charge < -0.3 is 14.7 Å². The van der Waals surface area contributed by atoms with Crippen LogP contribution in [0.5, 0.6) is 5.75 Å². The summed E-state index contributed by atoms with van der Waals surface area (Å²) >= 11 is 0. The maximum absolute atomic E-state index is 12.2. The van der Waals surface area contributed by atoms with E-state index in [1.54, 1.807) is 12.0 Å². The van der Waals surface area contributed by atoms with Crippen LogP contribution in [0.15, 0.2) is 18.2 Å². The molecule has 20 heavy (non-hydrogen) atoms. The van der Waals surface area contributed by atoms with Crippen molar-refractivity contribution < 1.29 is 14.6 Å². The summed E-state index contributed by atoms with van der Waals surface area (Å²) in [6.07, 6.45) is 1.86. The van der Waals surface area contributed by atoms with Crippen LogP contribution in [0.25, 0.3) is 0 Å². The van der Waals surface area contributed by atoms with Crippen molar-refractivity contribution in [1.29, 1.82) is 0 Å². The van der Waals surface area contributed by atoms with Crippen LogP contribution in [0.4, 0.5) is 0 Å². The second kappa shape index (κ2) is 6.27. The first-order valence-corrected chi connectivity index (χ1v) is 7.05. The molecule has 0 aliphatic heterocycles. The molecular formula is C16H23NO3. The molecule has 0 radical (unpaired) electrons. The van der Waals surface area contributed by atoms with Crippen LogP contribution in [0.2, 0.25) is 0 Å². The number of methoxy groups -OCH3 is 1. The molecule has 0 atom stereocenters. The molecular weight excluding hydrogens is 254 g/mol. The number of ether oxygens (including phenoxy) is 1. The molecule has 1 N–H and O–H groups in total. The van der Waals surface area contributed by atoms with Crippen LogP contribution in [-0.4, -0.2) is 42.7 Å². The van der Waals surface area contributed by atoms with Crippen LogP contribution in [0.3, 0.4) is 0 Å². The van der Waals surface area contributed by atoms with Gasteiger partial charge >= 0.3 is 0 Å². The lowest BCUT2D eigenvalue weighted by molar-refractivity contribution is -0.130. The first-order chi connectivity index (χ1) is 9.49. The van der Waals surface area contributed by atoms with Crippen LogP contribution in [0, 0.1) is 12.8 Å².